The standard InChI is InChI=1S/C29H34N6O4/c1-19(2)27(28-31-32-33-35(28)16-20-7-4-3-5-8-20)34(18-23-9-6-10-37-23)17-22-13-21-14-25-26(39-12-11-38-25)15-24(21)30-29(22)36/h3-5,7-8,13-15,19,23,27H,6,9-12,16-18H2,1-2H3,(H,30,36)/t23-,27+/m1/s1. The summed E-state index contributed by atoms with van der Waals surface area (Å²) in [6.07, 6.45) is 2.13. The minimum Gasteiger partial charge on any atom is -0.486 e. The van der Waals surface area contributed by atoms with Crippen molar-refractivity contribution in [2.24, 2.45) is 5.92 Å². The SMILES string of the molecule is CC(C)[C@@H](c1nnnn1Cc1ccccc1)N(Cc1cc2cc3c(cc2[nH]c1=O)OCCO3)C[C@H]1CCCO1. The molecule has 0 saturated carbocycles. The van der Waals surface area contributed by atoms with Crippen molar-refractivity contribution in [2.75, 3.05) is 26.4 Å². The number of benzene rings is 2. The third kappa shape index (κ3) is 5.53. The molecule has 0 bridgehead atoms. The number of fused-ring (bicyclic) bond motifs is 2. The fourth-order valence-electron chi connectivity index (χ4n) is 5.63. The summed E-state index contributed by atoms with van der Waals surface area (Å²) >= 11 is 0. The first kappa shape index (κ1) is 25.5. The molecule has 10 heteroatoms. The minimum absolute atomic E-state index is 0.0989. The summed E-state index contributed by atoms with van der Waals surface area (Å²) in [7, 11) is 0. The van der Waals surface area contributed by atoms with E-state index in [2.05, 4.69) is 51.4 Å². The van der Waals surface area contributed by atoms with Gasteiger partial charge in [-0.05, 0) is 46.9 Å². The van der Waals surface area contributed by atoms with Gasteiger partial charge in [0.1, 0.15) is 13.2 Å². The van der Waals surface area contributed by atoms with Crippen LogP contribution in [0.15, 0.2) is 53.3 Å². The van der Waals surface area contributed by atoms with Gasteiger partial charge in [0.25, 0.3) is 5.56 Å². The number of aromatic nitrogens is 5. The Labute approximate surface area is 226 Å². The molecule has 1 fully saturated rings. The highest BCUT2D eigenvalue weighted by atomic mass is 16.6. The molecular formula is C29H34N6O4. The molecule has 2 aromatic carbocycles. The Bertz CT molecular complexity index is 1480. The molecule has 0 spiro atoms. The lowest BCUT2D eigenvalue weighted by Crippen LogP contribution is -2.40. The Morgan fingerprint density at radius 3 is 2.62 bits per heavy atom. The molecule has 4 aromatic rings. The molecule has 4 heterocycles. The van der Waals surface area contributed by atoms with Crippen LogP contribution in [0.5, 0.6) is 11.5 Å². The lowest BCUT2D eigenvalue weighted by molar-refractivity contribution is 0.0385. The number of tetrazole rings is 1. The monoisotopic (exact) mass is 530 g/mol. The van der Waals surface area contributed by atoms with Crippen molar-refractivity contribution in [3.05, 3.63) is 75.8 Å². The van der Waals surface area contributed by atoms with E-state index in [1.807, 2.05) is 41.1 Å². The zero-order chi connectivity index (χ0) is 26.8. The van der Waals surface area contributed by atoms with E-state index < -0.39 is 0 Å². The third-order valence-corrected chi connectivity index (χ3v) is 7.44. The van der Waals surface area contributed by atoms with Crippen molar-refractivity contribution in [3.8, 4) is 11.5 Å². The second-order valence-corrected chi connectivity index (χ2v) is 10.6. The minimum atomic E-state index is -0.122. The van der Waals surface area contributed by atoms with Crippen LogP contribution in [0, 0.1) is 5.92 Å². The largest absolute Gasteiger partial charge is 0.486 e. The van der Waals surface area contributed by atoms with Crippen molar-refractivity contribution in [1.82, 2.24) is 30.1 Å². The number of pyridine rings is 1. The van der Waals surface area contributed by atoms with Gasteiger partial charge in [0, 0.05) is 36.7 Å². The van der Waals surface area contributed by atoms with Crippen LogP contribution >= 0.6 is 0 Å². The lowest BCUT2D eigenvalue weighted by atomic mass is 9.99. The van der Waals surface area contributed by atoms with Gasteiger partial charge in [0.15, 0.2) is 17.3 Å². The number of hydrogen-bond donors (Lipinski definition) is 1. The van der Waals surface area contributed by atoms with E-state index in [1.165, 1.54) is 0 Å². The highest BCUT2D eigenvalue weighted by molar-refractivity contribution is 5.83. The number of ether oxygens (including phenoxy) is 3. The van der Waals surface area contributed by atoms with E-state index in [1.54, 1.807) is 0 Å². The van der Waals surface area contributed by atoms with Crippen LogP contribution in [0.1, 0.15) is 49.7 Å². The maximum absolute atomic E-state index is 13.3. The molecule has 0 amide bonds. The number of hydrogen-bond acceptors (Lipinski definition) is 8. The Kier molecular flexibility index (Phi) is 7.30. The Morgan fingerprint density at radius 1 is 1.08 bits per heavy atom. The first-order valence-corrected chi connectivity index (χ1v) is 13.7. The first-order chi connectivity index (χ1) is 19.0. The van der Waals surface area contributed by atoms with Gasteiger partial charge in [-0.15, -0.1) is 5.10 Å². The zero-order valence-corrected chi connectivity index (χ0v) is 22.4. The van der Waals surface area contributed by atoms with Crippen molar-refractivity contribution in [3.63, 3.8) is 0 Å². The van der Waals surface area contributed by atoms with E-state index in [-0.39, 0.29) is 23.6 Å². The highest BCUT2D eigenvalue weighted by Gasteiger charge is 2.32. The van der Waals surface area contributed by atoms with Crippen LogP contribution in [0.2, 0.25) is 0 Å². The molecule has 0 radical (unpaired) electrons. The summed E-state index contributed by atoms with van der Waals surface area (Å²) in [4.78, 5) is 18.7. The first-order valence-electron chi connectivity index (χ1n) is 13.7. The predicted molar refractivity (Wildman–Crippen MR) is 146 cm³/mol. The van der Waals surface area contributed by atoms with Gasteiger partial charge in [-0.2, -0.15) is 0 Å². The topological polar surface area (TPSA) is 107 Å². The highest BCUT2D eigenvalue weighted by Crippen LogP contribution is 2.34. The van der Waals surface area contributed by atoms with E-state index >= 15 is 0 Å². The van der Waals surface area contributed by atoms with Crippen LogP contribution in [-0.2, 0) is 17.8 Å². The Balaban J connectivity index is 1.36. The van der Waals surface area contributed by atoms with Crippen molar-refractivity contribution in [2.45, 2.75) is 51.9 Å². The van der Waals surface area contributed by atoms with E-state index in [4.69, 9.17) is 14.2 Å². The van der Waals surface area contributed by atoms with Gasteiger partial charge in [-0.3, -0.25) is 9.69 Å². The molecule has 2 aromatic heterocycles. The van der Waals surface area contributed by atoms with Crippen LogP contribution in [0.4, 0.5) is 0 Å². The van der Waals surface area contributed by atoms with Crippen LogP contribution in [-0.4, -0.2) is 62.6 Å². The Hall–Kier alpha value is -3.76. The average Bonchev–Trinajstić information content (AvgIpc) is 3.61. The van der Waals surface area contributed by atoms with Gasteiger partial charge in [-0.1, -0.05) is 44.2 Å². The number of nitrogens with zero attached hydrogens (tertiary/aromatic N) is 5. The molecule has 0 aliphatic carbocycles. The summed E-state index contributed by atoms with van der Waals surface area (Å²) in [5.74, 6) is 2.32. The smallest absolute Gasteiger partial charge is 0.252 e. The number of rotatable bonds is 9. The summed E-state index contributed by atoms with van der Waals surface area (Å²) in [5, 5.41) is 13.8. The van der Waals surface area contributed by atoms with Gasteiger partial charge in [0.05, 0.1) is 24.2 Å². The normalized spacial score (nSPS) is 17.8. The van der Waals surface area contributed by atoms with Gasteiger partial charge < -0.3 is 19.2 Å². The summed E-state index contributed by atoms with van der Waals surface area (Å²) in [6, 6.07) is 15.8. The Morgan fingerprint density at radius 2 is 1.87 bits per heavy atom. The third-order valence-electron chi connectivity index (χ3n) is 7.44. The molecule has 2 aliphatic heterocycles. The number of nitrogens with one attached hydrogen (secondary N) is 1. The van der Waals surface area contributed by atoms with Crippen LogP contribution in [0.25, 0.3) is 10.9 Å². The van der Waals surface area contributed by atoms with Crippen molar-refractivity contribution in [1.29, 1.82) is 0 Å². The van der Waals surface area contributed by atoms with E-state index in [0.29, 0.717) is 49.9 Å². The van der Waals surface area contributed by atoms with Crippen molar-refractivity contribution >= 4 is 10.9 Å². The molecule has 204 valence electrons. The molecule has 2 atom stereocenters. The fourth-order valence-corrected chi connectivity index (χ4v) is 5.63. The maximum atomic E-state index is 13.3. The maximum Gasteiger partial charge on any atom is 0.252 e. The van der Waals surface area contributed by atoms with Gasteiger partial charge in [0.2, 0.25) is 0 Å². The molecule has 0 unspecified atom stereocenters. The second kappa shape index (κ2) is 11.2. The van der Waals surface area contributed by atoms with Crippen LogP contribution in [0.3, 0.4) is 0 Å². The zero-order valence-electron chi connectivity index (χ0n) is 22.4. The van der Waals surface area contributed by atoms with Gasteiger partial charge in [-0.25, -0.2) is 4.68 Å². The predicted octanol–water partition coefficient (Wildman–Crippen LogP) is 3.71. The molecule has 39 heavy (non-hydrogen) atoms. The number of H-pyrrole nitrogens is 1. The lowest BCUT2D eigenvalue weighted by Gasteiger charge is -2.35. The van der Waals surface area contributed by atoms with Gasteiger partial charge >= 0.3 is 0 Å². The van der Waals surface area contributed by atoms with Crippen LogP contribution < -0.4 is 15.0 Å². The summed E-state index contributed by atoms with van der Waals surface area (Å²) in [6.45, 7) is 7.80. The number of aromatic amines is 1. The quantitative estimate of drug-likeness (QED) is 0.349. The second-order valence-electron chi connectivity index (χ2n) is 10.6. The molecule has 1 N–H and O–H groups in total. The summed E-state index contributed by atoms with van der Waals surface area (Å²) < 4.78 is 19.4. The summed E-state index contributed by atoms with van der Waals surface area (Å²) in [5.41, 5.74) is 2.40. The molecule has 10 nitrogen and oxygen atoms in total. The van der Waals surface area contributed by atoms with E-state index in [0.717, 1.165) is 41.7 Å². The molecule has 1 saturated heterocycles. The molecular weight excluding hydrogens is 496 g/mol. The molecule has 6 rings (SSSR count). The fraction of sp³-hybridized carbons (Fsp3) is 0.448. The average molecular weight is 531 g/mol. The molecule has 2 aliphatic rings. The van der Waals surface area contributed by atoms with Crippen molar-refractivity contribution < 1.29 is 14.2 Å². The van der Waals surface area contributed by atoms with E-state index in [9.17, 15) is 4.79 Å².